The molecule has 0 N–H and O–H groups in total. The highest BCUT2D eigenvalue weighted by atomic mass is 16.7. The molecule has 1 aliphatic heterocycles. The van der Waals surface area contributed by atoms with Crippen LogP contribution in [0.25, 0.3) is 0 Å². The Hall–Kier alpha value is -3.36. The van der Waals surface area contributed by atoms with Crippen LogP contribution >= 0.6 is 0 Å². The maximum atomic E-state index is 7.38. The Labute approximate surface area is 404 Å². The number of benzene rings is 4. The summed E-state index contributed by atoms with van der Waals surface area (Å²) in [6.07, 6.45) is 19.2. The van der Waals surface area contributed by atoms with Gasteiger partial charge in [-0.1, -0.05) is 181 Å². The Morgan fingerprint density at radius 3 is 1.69 bits per heavy atom. The zero-order valence-electron chi connectivity index (χ0n) is 41.2. The Morgan fingerprint density at radius 1 is 0.522 bits per heavy atom. The van der Waals surface area contributed by atoms with Gasteiger partial charge in [-0.25, -0.2) is 0 Å². The lowest BCUT2D eigenvalue weighted by molar-refractivity contribution is -0.340. The lowest BCUT2D eigenvalue weighted by atomic mass is 9.44. The second-order valence-electron chi connectivity index (χ2n) is 21.9. The molecule has 4 aliphatic carbocycles. The van der Waals surface area contributed by atoms with E-state index in [1.807, 2.05) is 18.2 Å². The molecule has 0 aromatic heterocycles. The van der Waals surface area contributed by atoms with Gasteiger partial charge >= 0.3 is 0 Å². The topological polar surface area (TPSA) is 55.4 Å². The first kappa shape index (κ1) is 48.7. The molecule has 8 unspecified atom stereocenters. The molecule has 4 aromatic carbocycles. The van der Waals surface area contributed by atoms with Crippen molar-refractivity contribution in [3.8, 4) is 0 Å². The van der Waals surface area contributed by atoms with Crippen molar-refractivity contribution >= 4 is 0 Å². The van der Waals surface area contributed by atoms with Crippen LogP contribution in [0, 0.1) is 40.4 Å². The van der Waals surface area contributed by atoms with Gasteiger partial charge in [-0.3, -0.25) is 0 Å². The first-order valence-corrected chi connectivity index (χ1v) is 26.8. The van der Waals surface area contributed by atoms with Gasteiger partial charge in [-0.05, 0) is 127 Å². The highest BCUT2D eigenvalue weighted by Crippen LogP contribution is 2.68. The molecule has 0 radical (unpaired) electrons. The summed E-state index contributed by atoms with van der Waals surface area (Å²) in [6, 6.07) is 41.6. The fourth-order valence-electron chi connectivity index (χ4n) is 14.1. The van der Waals surface area contributed by atoms with Crippen LogP contribution in [0.2, 0.25) is 0 Å². The van der Waals surface area contributed by atoms with Crippen molar-refractivity contribution in [3.63, 3.8) is 0 Å². The van der Waals surface area contributed by atoms with E-state index in [1.165, 1.54) is 89.9 Å². The van der Waals surface area contributed by atoms with Crippen LogP contribution in [0.4, 0.5) is 0 Å². The van der Waals surface area contributed by atoms with Gasteiger partial charge in [0.15, 0.2) is 6.29 Å². The summed E-state index contributed by atoms with van der Waals surface area (Å²) in [4.78, 5) is 0. The zero-order valence-corrected chi connectivity index (χ0v) is 41.2. The van der Waals surface area contributed by atoms with Crippen molar-refractivity contribution in [2.75, 3.05) is 6.61 Å². The van der Waals surface area contributed by atoms with E-state index >= 15 is 0 Å². The van der Waals surface area contributed by atoms with Gasteiger partial charge in [0.1, 0.15) is 24.4 Å². The number of hydrogen-bond donors (Lipinski definition) is 0. The van der Waals surface area contributed by atoms with Crippen molar-refractivity contribution in [2.45, 2.75) is 187 Å². The van der Waals surface area contributed by atoms with E-state index in [0.717, 1.165) is 58.8 Å². The summed E-state index contributed by atoms with van der Waals surface area (Å²) in [5, 5.41) is 0. The fourth-order valence-corrected chi connectivity index (χ4v) is 14.1. The van der Waals surface area contributed by atoms with Gasteiger partial charge < -0.3 is 28.4 Å². The smallest absolute Gasteiger partial charge is 0.187 e. The maximum absolute atomic E-state index is 7.38. The highest BCUT2D eigenvalue weighted by molar-refractivity contribution is 5.17. The minimum Gasteiger partial charge on any atom is -0.374 e. The predicted molar refractivity (Wildman–Crippen MR) is 268 cm³/mol. The summed E-state index contributed by atoms with van der Waals surface area (Å²) < 4.78 is 42.2. The van der Waals surface area contributed by atoms with Crippen LogP contribution < -0.4 is 0 Å². The molecule has 0 bridgehead atoms. The van der Waals surface area contributed by atoms with E-state index in [2.05, 4.69) is 124 Å². The van der Waals surface area contributed by atoms with Crippen LogP contribution in [0.5, 0.6) is 0 Å². The van der Waals surface area contributed by atoms with E-state index in [-0.39, 0.29) is 6.10 Å². The van der Waals surface area contributed by atoms with Crippen molar-refractivity contribution in [3.05, 3.63) is 144 Å². The molecular formula is C61H82O6. The average Bonchev–Trinajstić information content (AvgIpc) is 3.70. The number of rotatable bonds is 22. The van der Waals surface area contributed by atoms with Crippen molar-refractivity contribution < 1.29 is 28.4 Å². The zero-order chi connectivity index (χ0) is 45.9. The third kappa shape index (κ3) is 11.8. The fraction of sp³-hybridized carbons (Fsp3) is 0.607. The molecule has 6 nitrogen and oxygen atoms in total. The standard InChI is InChI=1S/C61H82O6/c1-4-5-6-7-8-21-30-49-32-34-53-52-33-31-50-39-51(35-37-61(50,3)54(52)36-38-60(49,53)2)66-59-58(65-43-48-28-19-12-20-29-48)57(64-42-47-26-17-11-18-27-47)56(63-41-46-24-15-10-16-25-46)55(67-59)44-62-40-45-22-13-9-14-23-45/h9-20,22-29,49-59H,4-8,21,30-44H2,1-3H3/t49-,50?,51?,52?,53?,54?,55?,56-,57+,58?,59?,60+,61-/m0/s1. The van der Waals surface area contributed by atoms with Crippen LogP contribution in [0.1, 0.15) is 146 Å². The van der Waals surface area contributed by atoms with Crippen molar-refractivity contribution in [2.24, 2.45) is 40.4 Å². The lowest BCUT2D eigenvalue weighted by Crippen LogP contribution is -2.62. The molecule has 362 valence electrons. The van der Waals surface area contributed by atoms with Gasteiger partial charge in [-0.15, -0.1) is 0 Å². The first-order valence-electron chi connectivity index (χ1n) is 26.8. The molecular weight excluding hydrogens is 829 g/mol. The maximum Gasteiger partial charge on any atom is 0.187 e. The molecule has 0 spiro atoms. The molecule has 5 fully saturated rings. The molecule has 13 atom stereocenters. The van der Waals surface area contributed by atoms with E-state index in [4.69, 9.17) is 28.4 Å². The Morgan fingerprint density at radius 2 is 1.06 bits per heavy atom. The summed E-state index contributed by atoms with van der Waals surface area (Å²) in [5.74, 6) is 4.21. The van der Waals surface area contributed by atoms with Crippen LogP contribution in [0.15, 0.2) is 121 Å². The van der Waals surface area contributed by atoms with Gasteiger partial charge in [0.05, 0.1) is 39.1 Å². The summed E-state index contributed by atoms with van der Waals surface area (Å²) in [6.45, 7) is 9.80. The number of ether oxygens (including phenoxy) is 6. The highest BCUT2D eigenvalue weighted by Gasteiger charge is 2.60. The lowest BCUT2D eigenvalue weighted by Gasteiger charge is -2.61. The van der Waals surface area contributed by atoms with Crippen LogP contribution in [-0.4, -0.2) is 43.4 Å². The molecule has 0 amide bonds. The molecule has 1 heterocycles. The van der Waals surface area contributed by atoms with Crippen LogP contribution in [0.3, 0.4) is 0 Å². The van der Waals surface area contributed by atoms with Gasteiger partial charge in [0.25, 0.3) is 0 Å². The van der Waals surface area contributed by atoms with Crippen molar-refractivity contribution in [1.29, 1.82) is 0 Å². The number of fused-ring (bicyclic) bond motifs is 5. The molecule has 67 heavy (non-hydrogen) atoms. The molecule has 9 rings (SSSR count). The molecule has 4 aromatic rings. The second-order valence-corrected chi connectivity index (χ2v) is 21.9. The predicted octanol–water partition coefficient (Wildman–Crippen LogP) is 14.5. The summed E-state index contributed by atoms with van der Waals surface area (Å²) >= 11 is 0. The SMILES string of the molecule is CCCCCCCC[C@H]1CCC2C3CCC4CC(OC5OC(COCc6ccccc6)[C@H](OCc6ccccc6)[C@@H](OCc6ccccc6)C5OCc5ccccc5)CC[C@]4(C)C3CC[C@@]21C. The van der Waals surface area contributed by atoms with E-state index < -0.39 is 30.7 Å². The quantitative estimate of drug-likeness (QED) is 0.0578. The number of unbranched alkanes of at least 4 members (excludes halogenated alkanes) is 5. The molecule has 1 saturated heterocycles. The van der Waals surface area contributed by atoms with Gasteiger partial charge in [0.2, 0.25) is 0 Å². The first-order chi connectivity index (χ1) is 32.9. The summed E-state index contributed by atoms with van der Waals surface area (Å²) in [7, 11) is 0. The van der Waals surface area contributed by atoms with E-state index in [0.29, 0.717) is 49.8 Å². The molecule has 5 aliphatic rings. The average molecular weight is 911 g/mol. The normalized spacial score (nSPS) is 33.7. The van der Waals surface area contributed by atoms with E-state index in [9.17, 15) is 0 Å². The monoisotopic (exact) mass is 911 g/mol. The second kappa shape index (κ2) is 23.5. The van der Waals surface area contributed by atoms with Crippen molar-refractivity contribution in [1.82, 2.24) is 0 Å². The largest absolute Gasteiger partial charge is 0.374 e. The summed E-state index contributed by atoms with van der Waals surface area (Å²) in [5.41, 5.74) is 5.33. The van der Waals surface area contributed by atoms with Gasteiger partial charge in [-0.2, -0.15) is 0 Å². The molecule has 6 heteroatoms. The Bertz CT molecular complexity index is 2030. The third-order valence-corrected chi connectivity index (χ3v) is 17.9. The van der Waals surface area contributed by atoms with Crippen LogP contribution in [-0.2, 0) is 54.8 Å². The molecule has 4 saturated carbocycles. The minimum absolute atomic E-state index is 0.0759. The Balaban J connectivity index is 0.932. The van der Waals surface area contributed by atoms with E-state index in [1.54, 1.807) is 0 Å². The minimum atomic E-state index is -0.658. The third-order valence-electron chi connectivity index (χ3n) is 17.9. The number of hydrogen-bond acceptors (Lipinski definition) is 6. The Kier molecular flexibility index (Phi) is 17.1. The van der Waals surface area contributed by atoms with Gasteiger partial charge in [0, 0.05) is 0 Å².